The zero-order chi connectivity index (χ0) is 18.7. The summed E-state index contributed by atoms with van der Waals surface area (Å²) in [6.45, 7) is 4.21. The Balaban J connectivity index is 1.83. The molecule has 6 heteroatoms. The first-order chi connectivity index (χ1) is 12.4. The molecule has 0 radical (unpaired) electrons. The third-order valence-corrected chi connectivity index (χ3v) is 4.27. The number of aryl methyl sites for hydroxylation is 1. The third kappa shape index (κ3) is 4.07. The van der Waals surface area contributed by atoms with Gasteiger partial charge in [-0.2, -0.15) is 0 Å². The Morgan fingerprint density at radius 3 is 2.77 bits per heavy atom. The molecule has 2 aromatic heterocycles. The minimum atomic E-state index is -0.338. The van der Waals surface area contributed by atoms with Crippen molar-refractivity contribution in [2.24, 2.45) is 13.0 Å². The van der Waals surface area contributed by atoms with Crippen molar-refractivity contribution in [3.05, 3.63) is 59.8 Å². The van der Waals surface area contributed by atoms with Gasteiger partial charge in [-0.15, -0.1) is 0 Å². The molecule has 3 rings (SSSR count). The first-order valence-corrected chi connectivity index (χ1v) is 8.75. The van der Waals surface area contributed by atoms with Gasteiger partial charge in [0, 0.05) is 13.2 Å². The molecule has 3 aromatic rings. The van der Waals surface area contributed by atoms with Crippen molar-refractivity contribution < 1.29 is 9.18 Å². The summed E-state index contributed by atoms with van der Waals surface area (Å²) >= 11 is 0. The number of hydrogen-bond donors (Lipinski definition) is 1. The highest BCUT2D eigenvalue weighted by atomic mass is 19.1. The Bertz CT molecular complexity index is 919. The maximum absolute atomic E-state index is 13.3. The van der Waals surface area contributed by atoms with Gasteiger partial charge in [-0.3, -0.25) is 4.79 Å². The lowest BCUT2D eigenvalue weighted by atomic mass is 10.0. The first-order valence-electron chi connectivity index (χ1n) is 8.75. The van der Waals surface area contributed by atoms with Crippen LogP contribution in [0, 0.1) is 11.7 Å². The molecule has 0 unspecified atom stereocenters. The quantitative estimate of drug-likeness (QED) is 0.736. The zero-order valence-electron chi connectivity index (χ0n) is 15.2. The molecule has 0 fully saturated rings. The molecular weight excluding hydrogens is 331 g/mol. The van der Waals surface area contributed by atoms with E-state index in [4.69, 9.17) is 0 Å². The normalized spacial score (nSPS) is 12.5. The number of carbonyl (C=O) groups is 1. The number of imidazole rings is 1. The van der Waals surface area contributed by atoms with Crippen LogP contribution in [0.4, 0.5) is 4.39 Å². The van der Waals surface area contributed by atoms with E-state index in [2.05, 4.69) is 29.1 Å². The van der Waals surface area contributed by atoms with Crippen LogP contribution in [0.15, 0.2) is 42.6 Å². The maximum Gasteiger partial charge on any atom is 0.225 e. The van der Waals surface area contributed by atoms with Crippen molar-refractivity contribution in [3.63, 3.8) is 0 Å². The number of fused-ring (bicyclic) bond motifs is 1. The zero-order valence-corrected chi connectivity index (χ0v) is 15.2. The second-order valence-corrected chi connectivity index (χ2v) is 6.93. The smallest absolute Gasteiger partial charge is 0.225 e. The number of amides is 1. The van der Waals surface area contributed by atoms with Crippen LogP contribution in [0.2, 0.25) is 0 Å². The van der Waals surface area contributed by atoms with Crippen molar-refractivity contribution in [2.75, 3.05) is 0 Å². The monoisotopic (exact) mass is 354 g/mol. The number of nitrogens with one attached hydrogen (secondary N) is 1. The van der Waals surface area contributed by atoms with Crippen LogP contribution < -0.4 is 5.32 Å². The van der Waals surface area contributed by atoms with Gasteiger partial charge in [-0.05, 0) is 42.2 Å². The highest BCUT2D eigenvalue weighted by Gasteiger charge is 2.22. The van der Waals surface area contributed by atoms with E-state index in [9.17, 15) is 9.18 Å². The summed E-state index contributed by atoms with van der Waals surface area (Å²) in [4.78, 5) is 21.6. The van der Waals surface area contributed by atoms with Gasteiger partial charge in [0.2, 0.25) is 5.91 Å². The lowest BCUT2D eigenvalue weighted by Crippen LogP contribution is -2.32. The van der Waals surface area contributed by atoms with E-state index in [1.165, 1.54) is 12.1 Å². The molecule has 0 spiro atoms. The number of carbonyl (C=O) groups excluding carboxylic acids is 1. The second kappa shape index (κ2) is 7.64. The number of pyridine rings is 1. The van der Waals surface area contributed by atoms with Crippen LogP contribution in [0.1, 0.15) is 37.7 Å². The SMILES string of the molecule is CC(C)C[C@@H](NC(=O)Cc1cccc(F)c1)c1nc2cccnc2n1C. The van der Waals surface area contributed by atoms with Crippen molar-refractivity contribution in [2.45, 2.75) is 32.7 Å². The Labute approximate surface area is 152 Å². The molecule has 2 heterocycles. The summed E-state index contributed by atoms with van der Waals surface area (Å²) in [5, 5.41) is 3.06. The summed E-state index contributed by atoms with van der Waals surface area (Å²) in [5.41, 5.74) is 2.24. The average molecular weight is 354 g/mol. The molecule has 5 nitrogen and oxygen atoms in total. The molecule has 1 amide bonds. The number of aromatic nitrogens is 3. The van der Waals surface area contributed by atoms with E-state index in [-0.39, 0.29) is 24.2 Å². The fraction of sp³-hybridized carbons (Fsp3) is 0.350. The Hall–Kier alpha value is -2.76. The number of benzene rings is 1. The summed E-state index contributed by atoms with van der Waals surface area (Å²) in [7, 11) is 1.91. The van der Waals surface area contributed by atoms with Gasteiger partial charge in [0.1, 0.15) is 17.2 Å². The van der Waals surface area contributed by atoms with E-state index in [0.29, 0.717) is 11.5 Å². The molecule has 0 saturated heterocycles. The summed E-state index contributed by atoms with van der Waals surface area (Å²) in [5.74, 6) is 0.666. The minimum Gasteiger partial charge on any atom is -0.346 e. The van der Waals surface area contributed by atoms with Crippen LogP contribution in [-0.2, 0) is 18.3 Å². The largest absolute Gasteiger partial charge is 0.346 e. The molecular formula is C20H23FN4O. The van der Waals surface area contributed by atoms with Crippen LogP contribution in [-0.4, -0.2) is 20.4 Å². The van der Waals surface area contributed by atoms with Crippen LogP contribution in [0.5, 0.6) is 0 Å². The van der Waals surface area contributed by atoms with Gasteiger partial charge in [-0.25, -0.2) is 14.4 Å². The topological polar surface area (TPSA) is 59.8 Å². The van der Waals surface area contributed by atoms with Crippen LogP contribution >= 0.6 is 0 Å². The molecule has 26 heavy (non-hydrogen) atoms. The van der Waals surface area contributed by atoms with Gasteiger partial charge < -0.3 is 9.88 Å². The molecule has 0 bridgehead atoms. The standard InChI is InChI=1S/C20H23FN4O/c1-13(2)10-17(20-24-16-8-5-9-22-19(16)25(20)3)23-18(26)12-14-6-4-7-15(21)11-14/h4-9,11,13,17H,10,12H2,1-3H3,(H,23,26)/t17-/m1/s1. The molecule has 0 saturated carbocycles. The molecule has 136 valence electrons. The van der Waals surface area contributed by atoms with Crippen molar-refractivity contribution in [1.29, 1.82) is 0 Å². The van der Waals surface area contributed by atoms with Crippen LogP contribution in [0.3, 0.4) is 0 Å². The Morgan fingerprint density at radius 2 is 2.08 bits per heavy atom. The minimum absolute atomic E-state index is 0.133. The van der Waals surface area contributed by atoms with E-state index in [0.717, 1.165) is 23.4 Å². The number of nitrogens with zero attached hydrogens (tertiary/aromatic N) is 3. The Kier molecular flexibility index (Phi) is 5.30. The summed E-state index contributed by atoms with van der Waals surface area (Å²) < 4.78 is 15.3. The predicted octanol–water partition coefficient (Wildman–Crippen LogP) is 3.55. The van der Waals surface area contributed by atoms with Gasteiger partial charge >= 0.3 is 0 Å². The van der Waals surface area contributed by atoms with Gasteiger partial charge in [0.15, 0.2) is 5.65 Å². The van der Waals surface area contributed by atoms with Gasteiger partial charge in [0.05, 0.1) is 12.5 Å². The third-order valence-electron chi connectivity index (χ3n) is 4.27. The average Bonchev–Trinajstić information content (AvgIpc) is 2.91. The first kappa shape index (κ1) is 18.0. The van der Waals surface area contributed by atoms with Gasteiger partial charge in [-0.1, -0.05) is 26.0 Å². The van der Waals surface area contributed by atoms with Crippen molar-refractivity contribution >= 4 is 17.1 Å². The highest BCUT2D eigenvalue weighted by molar-refractivity contribution is 5.79. The van der Waals surface area contributed by atoms with Crippen molar-refractivity contribution in [1.82, 2.24) is 19.9 Å². The van der Waals surface area contributed by atoms with Crippen molar-refractivity contribution in [3.8, 4) is 0 Å². The maximum atomic E-state index is 13.3. The molecule has 1 N–H and O–H groups in total. The molecule has 0 aliphatic rings. The molecule has 1 atom stereocenters. The van der Waals surface area contributed by atoms with E-state index < -0.39 is 0 Å². The highest BCUT2D eigenvalue weighted by Crippen LogP contribution is 2.23. The predicted molar refractivity (Wildman–Crippen MR) is 99.0 cm³/mol. The molecule has 0 aliphatic heterocycles. The fourth-order valence-electron chi connectivity index (χ4n) is 3.13. The lowest BCUT2D eigenvalue weighted by Gasteiger charge is -2.20. The Morgan fingerprint density at radius 1 is 1.27 bits per heavy atom. The molecule has 1 aromatic carbocycles. The summed E-state index contributed by atoms with van der Waals surface area (Å²) in [6, 6.07) is 9.65. The second-order valence-electron chi connectivity index (χ2n) is 6.93. The van der Waals surface area contributed by atoms with E-state index in [1.807, 2.05) is 23.7 Å². The van der Waals surface area contributed by atoms with Crippen LogP contribution in [0.25, 0.3) is 11.2 Å². The fourth-order valence-corrected chi connectivity index (χ4v) is 3.13. The molecule has 0 aliphatic carbocycles. The number of halogens is 1. The number of hydrogen-bond acceptors (Lipinski definition) is 3. The van der Waals surface area contributed by atoms with E-state index in [1.54, 1.807) is 18.3 Å². The van der Waals surface area contributed by atoms with Gasteiger partial charge in [0.25, 0.3) is 0 Å². The van der Waals surface area contributed by atoms with E-state index >= 15 is 0 Å². The summed E-state index contributed by atoms with van der Waals surface area (Å²) in [6.07, 6.45) is 2.62. The lowest BCUT2D eigenvalue weighted by molar-refractivity contribution is -0.121. The number of rotatable bonds is 6.